The highest BCUT2D eigenvalue weighted by Crippen LogP contribution is 2.27. The molecule has 1 atom stereocenters. The molecule has 1 amide bonds. The Morgan fingerprint density at radius 1 is 1.20 bits per heavy atom. The topological polar surface area (TPSA) is 98.4 Å². The van der Waals surface area contributed by atoms with Gasteiger partial charge in [0.15, 0.2) is 5.82 Å². The minimum atomic E-state index is -4.48. The van der Waals surface area contributed by atoms with Crippen LogP contribution in [-0.2, 0) is 17.9 Å². The Kier molecular flexibility index (Phi) is 8.57. The Hall–Kier alpha value is -3.31. The van der Waals surface area contributed by atoms with Crippen LogP contribution in [0.2, 0.25) is 5.02 Å². The smallest absolute Gasteiger partial charge is 0.390 e. The van der Waals surface area contributed by atoms with Gasteiger partial charge in [-0.3, -0.25) is 9.36 Å². The molecule has 2 aromatic carbocycles. The van der Waals surface area contributed by atoms with Crippen molar-refractivity contribution in [2.45, 2.75) is 38.1 Å². The average molecular weight is 513 g/mol. The number of nitrogens with one attached hydrogen (secondary N) is 1. The number of hydrogen-bond donors (Lipinski definition) is 2. The summed E-state index contributed by atoms with van der Waals surface area (Å²) >= 11 is 5.89. The first-order valence-corrected chi connectivity index (χ1v) is 11.0. The summed E-state index contributed by atoms with van der Waals surface area (Å²) in [6.45, 7) is -1.42. The first-order chi connectivity index (χ1) is 16.6. The molecule has 0 saturated carbocycles. The van der Waals surface area contributed by atoms with Gasteiger partial charge >= 0.3 is 11.9 Å². The van der Waals surface area contributed by atoms with Crippen molar-refractivity contribution in [3.8, 4) is 17.1 Å². The summed E-state index contributed by atoms with van der Waals surface area (Å²) in [6, 6.07) is 12.4. The van der Waals surface area contributed by atoms with Gasteiger partial charge in [-0.05, 0) is 36.8 Å². The van der Waals surface area contributed by atoms with Crippen LogP contribution in [0.1, 0.15) is 24.4 Å². The highest BCUT2D eigenvalue weighted by Gasteiger charge is 2.29. The molecule has 3 aromatic rings. The van der Waals surface area contributed by atoms with Gasteiger partial charge in [0.2, 0.25) is 5.91 Å². The number of halogens is 4. The van der Waals surface area contributed by atoms with Gasteiger partial charge in [-0.1, -0.05) is 29.8 Å². The number of carbonyl (C=O) groups excluding carboxylic acids is 1. The Balaban J connectivity index is 1.88. The number of ether oxygens (including phenoxy) is 1. The highest BCUT2D eigenvalue weighted by atomic mass is 35.5. The van der Waals surface area contributed by atoms with Crippen molar-refractivity contribution >= 4 is 17.5 Å². The lowest BCUT2D eigenvalue weighted by Crippen LogP contribution is -2.36. The number of aliphatic hydroxyl groups is 1. The van der Waals surface area contributed by atoms with Crippen LogP contribution in [0.4, 0.5) is 13.2 Å². The lowest BCUT2D eigenvalue weighted by atomic mass is 10.0. The summed E-state index contributed by atoms with van der Waals surface area (Å²) in [5.41, 5.74) is 0.146. The van der Waals surface area contributed by atoms with Crippen molar-refractivity contribution in [1.29, 1.82) is 0 Å². The van der Waals surface area contributed by atoms with Crippen molar-refractivity contribution in [1.82, 2.24) is 19.7 Å². The second kappa shape index (κ2) is 11.4. The van der Waals surface area contributed by atoms with E-state index >= 15 is 0 Å². The number of aliphatic hydroxyl groups excluding tert-OH is 1. The van der Waals surface area contributed by atoms with Crippen LogP contribution in [0.15, 0.2) is 53.3 Å². The van der Waals surface area contributed by atoms with Crippen LogP contribution < -0.4 is 15.7 Å². The molecule has 0 aliphatic carbocycles. The summed E-state index contributed by atoms with van der Waals surface area (Å²) in [6.07, 6.45) is -5.54. The second-order valence-corrected chi connectivity index (χ2v) is 8.10. The molecule has 188 valence electrons. The quantitative estimate of drug-likeness (QED) is 0.433. The van der Waals surface area contributed by atoms with Gasteiger partial charge in [0.05, 0.1) is 19.6 Å². The zero-order valence-corrected chi connectivity index (χ0v) is 19.5. The molecule has 0 spiro atoms. The summed E-state index contributed by atoms with van der Waals surface area (Å²) < 4.78 is 45.6. The number of methoxy groups -OCH3 is 1. The fourth-order valence-electron chi connectivity index (χ4n) is 3.56. The Morgan fingerprint density at radius 2 is 1.89 bits per heavy atom. The first kappa shape index (κ1) is 26.3. The number of hydrogen-bond acceptors (Lipinski definition) is 5. The van der Waals surface area contributed by atoms with E-state index in [1.54, 1.807) is 24.3 Å². The third-order valence-corrected chi connectivity index (χ3v) is 5.46. The predicted octanol–water partition coefficient (Wildman–Crippen LogP) is 3.57. The number of carbonyl (C=O) groups is 1. The molecule has 0 fully saturated rings. The molecule has 2 N–H and O–H groups in total. The number of benzene rings is 2. The van der Waals surface area contributed by atoms with Crippen molar-refractivity contribution in [2.75, 3.05) is 13.7 Å². The normalized spacial score (nSPS) is 12.4. The molecular weight excluding hydrogens is 489 g/mol. The SMILES string of the molecule is COc1ccccc1C(CCO)NC(=O)Cn1nc(-c2ccc(Cl)cc2)n(CCC(F)(F)F)c1=O. The van der Waals surface area contributed by atoms with Crippen LogP contribution in [0, 0.1) is 0 Å². The molecule has 1 unspecified atom stereocenters. The van der Waals surface area contributed by atoms with E-state index in [0.717, 1.165) is 9.25 Å². The van der Waals surface area contributed by atoms with E-state index in [1.807, 2.05) is 0 Å². The Labute approximate surface area is 203 Å². The predicted molar refractivity (Wildman–Crippen MR) is 123 cm³/mol. The average Bonchev–Trinajstić information content (AvgIpc) is 3.12. The van der Waals surface area contributed by atoms with Crippen molar-refractivity contribution in [3.05, 3.63) is 69.6 Å². The van der Waals surface area contributed by atoms with Gasteiger partial charge in [0.1, 0.15) is 12.3 Å². The van der Waals surface area contributed by atoms with Crippen LogP contribution in [-0.4, -0.2) is 45.3 Å². The van der Waals surface area contributed by atoms with Gasteiger partial charge in [0.25, 0.3) is 0 Å². The number of para-hydroxylation sites is 1. The van der Waals surface area contributed by atoms with Crippen LogP contribution in [0.3, 0.4) is 0 Å². The van der Waals surface area contributed by atoms with Gasteiger partial charge < -0.3 is 15.2 Å². The highest BCUT2D eigenvalue weighted by molar-refractivity contribution is 6.30. The van der Waals surface area contributed by atoms with E-state index < -0.39 is 43.3 Å². The fraction of sp³-hybridized carbons (Fsp3) is 0.348. The summed E-state index contributed by atoms with van der Waals surface area (Å²) in [7, 11) is 1.47. The molecule has 12 heteroatoms. The molecule has 0 aliphatic heterocycles. The largest absolute Gasteiger partial charge is 0.496 e. The number of alkyl halides is 3. The molecule has 35 heavy (non-hydrogen) atoms. The maximum absolute atomic E-state index is 12.9. The molecular formula is C23H24ClF3N4O4. The summed E-state index contributed by atoms with van der Waals surface area (Å²) in [4.78, 5) is 25.7. The maximum atomic E-state index is 12.9. The summed E-state index contributed by atoms with van der Waals surface area (Å²) in [5.74, 6) is -0.121. The van der Waals surface area contributed by atoms with Crippen LogP contribution >= 0.6 is 11.6 Å². The van der Waals surface area contributed by atoms with Gasteiger partial charge in [-0.25, -0.2) is 9.48 Å². The molecule has 3 rings (SSSR count). The fourth-order valence-corrected chi connectivity index (χ4v) is 3.69. The number of rotatable bonds is 10. The first-order valence-electron chi connectivity index (χ1n) is 10.7. The second-order valence-electron chi connectivity index (χ2n) is 7.66. The zero-order valence-electron chi connectivity index (χ0n) is 18.8. The zero-order chi connectivity index (χ0) is 25.6. The molecule has 0 radical (unpaired) electrons. The standard InChI is InChI=1S/C23H24ClF3N4O4/c1-35-19-5-3-2-4-17(19)18(10-13-32)28-20(33)14-31-22(34)30(12-11-23(25,26)27)21(29-31)15-6-8-16(24)9-7-15/h2-9,18,32H,10-14H2,1H3,(H,28,33). The number of amides is 1. The summed E-state index contributed by atoms with van der Waals surface area (Å²) in [5, 5.41) is 16.7. The Morgan fingerprint density at radius 3 is 2.51 bits per heavy atom. The van der Waals surface area contributed by atoms with E-state index in [1.165, 1.54) is 31.4 Å². The van der Waals surface area contributed by atoms with Gasteiger partial charge in [0, 0.05) is 29.3 Å². The number of aromatic nitrogens is 3. The van der Waals surface area contributed by atoms with Crippen molar-refractivity contribution < 1.29 is 27.8 Å². The monoisotopic (exact) mass is 512 g/mol. The lowest BCUT2D eigenvalue weighted by molar-refractivity contribution is -0.136. The maximum Gasteiger partial charge on any atom is 0.390 e. The molecule has 0 bridgehead atoms. The van der Waals surface area contributed by atoms with Gasteiger partial charge in [-0.15, -0.1) is 5.10 Å². The van der Waals surface area contributed by atoms with Crippen molar-refractivity contribution in [2.24, 2.45) is 0 Å². The van der Waals surface area contributed by atoms with E-state index in [2.05, 4.69) is 10.4 Å². The van der Waals surface area contributed by atoms with E-state index in [9.17, 15) is 27.9 Å². The minimum Gasteiger partial charge on any atom is -0.496 e. The molecule has 1 heterocycles. The minimum absolute atomic E-state index is 0.0136. The number of nitrogens with zero attached hydrogens (tertiary/aromatic N) is 3. The molecule has 0 saturated heterocycles. The third kappa shape index (κ3) is 6.86. The van der Waals surface area contributed by atoms with Crippen LogP contribution in [0.25, 0.3) is 11.4 Å². The van der Waals surface area contributed by atoms with Gasteiger partial charge in [-0.2, -0.15) is 13.2 Å². The molecule has 1 aromatic heterocycles. The van der Waals surface area contributed by atoms with Crippen molar-refractivity contribution in [3.63, 3.8) is 0 Å². The van der Waals surface area contributed by atoms with E-state index in [-0.39, 0.29) is 18.9 Å². The molecule has 8 nitrogen and oxygen atoms in total. The Bertz CT molecular complexity index is 1210. The van der Waals surface area contributed by atoms with Crippen LogP contribution in [0.5, 0.6) is 5.75 Å². The van der Waals surface area contributed by atoms with E-state index in [0.29, 0.717) is 21.9 Å². The third-order valence-electron chi connectivity index (χ3n) is 5.20. The van der Waals surface area contributed by atoms with E-state index in [4.69, 9.17) is 16.3 Å². The molecule has 0 aliphatic rings. The lowest BCUT2D eigenvalue weighted by Gasteiger charge is -2.20.